The molecule has 5 heteroatoms. The van der Waals surface area contributed by atoms with E-state index in [1.54, 1.807) is 0 Å². The summed E-state index contributed by atoms with van der Waals surface area (Å²) < 4.78 is 5.58. The van der Waals surface area contributed by atoms with Gasteiger partial charge in [-0.15, -0.1) is 16.7 Å². The average Bonchev–Trinajstić information content (AvgIpc) is 2.82. The van der Waals surface area contributed by atoms with Gasteiger partial charge in [-0.3, -0.25) is 4.90 Å². The maximum atomic E-state index is 5.65. The third kappa shape index (κ3) is 2.82. The van der Waals surface area contributed by atoms with E-state index in [-0.39, 0.29) is 0 Å². The quantitative estimate of drug-likeness (QED) is 0.778. The summed E-state index contributed by atoms with van der Waals surface area (Å²) in [5, 5.41) is 8.03. The van der Waals surface area contributed by atoms with E-state index in [1.165, 1.54) is 5.56 Å². The summed E-state index contributed by atoms with van der Waals surface area (Å²) in [6.07, 6.45) is 0.597. The molecule has 1 aromatic heterocycles. The molecule has 0 fully saturated rings. The van der Waals surface area contributed by atoms with Gasteiger partial charge in [0.1, 0.15) is 0 Å². The van der Waals surface area contributed by atoms with E-state index in [0.717, 1.165) is 12.2 Å². The largest absolute Gasteiger partial charge is 0.408 e. The summed E-state index contributed by atoms with van der Waals surface area (Å²) in [5.41, 5.74) is 2.27. The van der Waals surface area contributed by atoms with E-state index >= 15 is 0 Å². The van der Waals surface area contributed by atoms with E-state index in [4.69, 9.17) is 16.0 Å². The number of aromatic nitrogens is 2. The van der Waals surface area contributed by atoms with Gasteiger partial charge in [0.25, 0.3) is 0 Å². The molecule has 0 saturated heterocycles. The highest BCUT2D eigenvalue weighted by Crippen LogP contribution is 2.24. The molecule has 2 aromatic rings. The Morgan fingerprint density at radius 3 is 2.56 bits per heavy atom. The molecule has 0 amide bonds. The second-order valence-corrected chi connectivity index (χ2v) is 4.38. The summed E-state index contributed by atoms with van der Waals surface area (Å²) in [7, 11) is 0. The van der Waals surface area contributed by atoms with Gasteiger partial charge < -0.3 is 4.42 Å². The Labute approximate surface area is 112 Å². The molecule has 0 aliphatic heterocycles. The van der Waals surface area contributed by atoms with Crippen molar-refractivity contribution in [1.82, 2.24) is 10.2 Å². The van der Waals surface area contributed by atoms with Crippen LogP contribution in [0.5, 0.6) is 0 Å². The van der Waals surface area contributed by atoms with Gasteiger partial charge in [-0.05, 0) is 26.0 Å². The molecule has 1 aromatic carbocycles. The van der Waals surface area contributed by atoms with Crippen LogP contribution in [0.4, 0.5) is 11.7 Å². The monoisotopic (exact) mass is 265 g/mol. The van der Waals surface area contributed by atoms with Gasteiger partial charge in [0.15, 0.2) is 0 Å². The molecule has 2 rings (SSSR count). The lowest BCUT2D eigenvalue weighted by Crippen LogP contribution is -2.16. The standard InChI is InChI=1S/C13H16ClN3O/c1-3-17(11-6-4-10(2)5-7-11)13-16-15-12(18-13)8-9-14/h4-7H,3,8-9H2,1-2H3. The number of halogens is 1. The van der Waals surface area contributed by atoms with Crippen molar-refractivity contribution in [1.29, 1.82) is 0 Å². The van der Waals surface area contributed by atoms with Crippen LogP contribution < -0.4 is 4.90 Å². The van der Waals surface area contributed by atoms with Crippen LogP contribution in [0.15, 0.2) is 28.7 Å². The number of anilines is 2. The van der Waals surface area contributed by atoms with Crippen LogP contribution in [0.3, 0.4) is 0 Å². The van der Waals surface area contributed by atoms with Crippen LogP contribution in [-0.4, -0.2) is 22.6 Å². The molecular formula is C13H16ClN3O. The Bertz CT molecular complexity index is 495. The van der Waals surface area contributed by atoms with Crippen LogP contribution in [0.25, 0.3) is 0 Å². The number of aryl methyl sites for hydroxylation is 2. The minimum absolute atomic E-state index is 0.484. The first kappa shape index (κ1) is 12.9. The van der Waals surface area contributed by atoms with Gasteiger partial charge in [-0.1, -0.05) is 22.8 Å². The Morgan fingerprint density at radius 2 is 1.94 bits per heavy atom. The fraction of sp³-hybridized carbons (Fsp3) is 0.385. The van der Waals surface area contributed by atoms with Crippen molar-refractivity contribution in [2.45, 2.75) is 20.3 Å². The SMILES string of the molecule is CCN(c1ccc(C)cc1)c1nnc(CCCl)o1. The van der Waals surface area contributed by atoms with Crippen molar-refractivity contribution in [3.63, 3.8) is 0 Å². The summed E-state index contributed by atoms with van der Waals surface area (Å²) in [5.74, 6) is 1.06. The normalized spacial score (nSPS) is 10.6. The predicted molar refractivity (Wildman–Crippen MR) is 72.6 cm³/mol. The van der Waals surface area contributed by atoms with Gasteiger partial charge >= 0.3 is 6.01 Å². The fourth-order valence-electron chi connectivity index (χ4n) is 1.69. The zero-order chi connectivity index (χ0) is 13.0. The Morgan fingerprint density at radius 1 is 1.22 bits per heavy atom. The smallest absolute Gasteiger partial charge is 0.322 e. The third-order valence-corrected chi connectivity index (χ3v) is 2.85. The van der Waals surface area contributed by atoms with Crippen LogP contribution in [0.1, 0.15) is 18.4 Å². The summed E-state index contributed by atoms with van der Waals surface area (Å²) in [4.78, 5) is 1.98. The molecule has 1 heterocycles. The minimum atomic E-state index is 0.484. The number of nitrogens with zero attached hydrogens (tertiary/aromatic N) is 3. The molecule has 0 N–H and O–H groups in total. The van der Waals surface area contributed by atoms with E-state index in [1.807, 2.05) is 24.0 Å². The van der Waals surface area contributed by atoms with Crippen molar-refractivity contribution in [2.24, 2.45) is 0 Å². The highest BCUT2D eigenvalue weighted by Gasteiger charge is 2.14. The molecule has 0 bridgehead atoms. The molecule has 18 heavy (non-hydrogen) atoms. The van der Waals surface area contributed by atoms with Crippen LogP contribution in [0, 0.1) is 6.92 Å². The maximum Gasteiger partial charge on any atom is 0.322 e. The number of rotatable bonds is 5. The van der Waals surface area contributed by atoms with Gasteiger partial charge in [0.2, 0.25) is 5.89 Å². The lowest BCUT2D eigenvalue weighted by molar-refractivity contribution is 0.502. The Kier molecular flexibility index (Phi) is 4.20. The molecule has 0 saturated carbocycles. The predicted octanol–water partition coefficient (Wildman–Crippen LogP) is 3.32. The number of alkyl halides is 1. The highest BCUT2D eigenvalue weighted by atomic mass is 35.5. The molecule has 0 radical (unpaired) electrons. The van der Waals surface area contributed by atoms with Crippen molar-refractivity contribution in [2.75, 3.05) is 17.3 Å². The fourth-order valence-corrected chi connectivity index (χ4v) is 1.85. The molecule has 4 nitrogen and oxygen atoms in total. The van der Waals surface area contributed by atoms with Crippen LogP contribution in [-0.2, 0) is 6.42 Å². The summed E-state index contributed by atoms with van der Waals surface area (Å²) in [6, 6.07) is 8.73. The average molecular weight is 266 g/mol. The van der Waals surface area contributed by atoms with Gasteiger partial charge in [-0.2, -0.15) is 0 Å². The summed E-state index contributed by atoms with van der Waals surface area (Å²) in [6.45, 7) is 4.88. The number of hydrogen-bond acceptors (Lipinski definition) is 4. The molecule has 0 unspecified atom stereocenters. The number of hydrogen-bond donors (Lipinski definition) is 0. The third-order valence-electron chi connectivity index (χ3n) is 2.66. The highest BCUT2D eigenvalue weighted by molar-refractivity contribution is 6.17. The van der Waals surface area contributed by atoms with Gasteiger partial charge in [0.05, 0.1) is 0 Å². The first-order chi connectivity index (χ1) is 8.74. The van der Waals surface area contributed by atoms with Crippen LogP contribution >= 0.6 is 11.6 Å². The second-order valence-electron chi connectivity index (χ2n) is 4.00. The Balaban J connectivity index is 2.24. The van der Waals surface area contributed by atoms with E-state index in [9.17, 15) is 0 Å². The van der Waals surface area contributed by atoms with E-state index < -0.39 is 0 Å². The maximum absolute atomic E-state index is 5.65. The zero-order valence-electron chi connectivity index (χ0n) is 10.6. The first-order valence-electron chi connectivity index (χ1n) is 5.97. The van der Waals surface area contributed by atoms with Gasteiger partial charge in [-0.25, -0.2) is 0 Å². The molecule has 0 aliphatic carbocycles. The second kappa shape index (κ2) is 5.87. The van der Waals surface area contributed by atoms with Crippen molar-refractivity contribution >= 4 is 23.3 Å². The van der Waals surface area contributed by atoms with Crippen LogP contribution in [0.2, 0.25) is 0 Å². The molecule has 0 spiro atoms. The van der Waals surface area contributed by atoms with Crippen molar-refractivity contribution < 1.29 is 4.42 Å². The zero-order valence-corrected chi connectivity index (χ0v) is 11.3. The molecular weight excluding hydrogens is 250 g/mol. The first-order valence-corrected chi connectivity index (χ1v) is 6.50. The lowest BCUT2D eigenvalue weighted by Gasteiger charge is -2.17. The number of benzene rings is 1. The molecule has 0 atom stereocenters. The molecule has 96 valence electrons. The Hall–Kier alpha value is -1.55. The van der Waals surface area contributed by atoms with E-state index in [2.05, 4.69) is 29.3 Å². The summed E-state index contributed by atoms with van der Waals surface area (Å²) >= 11 is 5.65. The van der Waals surface area contributed by atoms with E-state index in [0.29, 0.717) is 24.2 Å². The van der Waals surface area contributed by atoms with Gasteiger partial charge in [0, 0.05) is 24.5 Å². The van der Waals surface area contributed by atoms with Crippen molar-refractivity contribution in [3.8, 4) is 0 Å². The topological polar surface area (TPSA) is 42.2 Å². The lowest BCUT2D eigenvalue weighted by atomic mass is 10.2. The molecule has 0 aliphatic rings. The van der Waals surface area contributed by atoms with Crippen molar-refractivity contribution in [3.05, 3.63) is 35.7 Å². The minimum Gasteiger partial charge on any atom is -0.408 e.